The molecular weight excluding hydrogens is 380 g/mol. The second-order valence-corrected chi connectivity index (χ2v) is 10.2. The van der Waals surface area contributed by atoms with Crippen molar-refractivity contribution < 1.29 is 4.74 Å². The Morgan fingerprint density at radius 3 is 2.77 bits per heavy atom. The molecule has 3 aliphatic rings. The summed E-state index contributed by atoms with van der Waals surface area (Å²) >= 11 is 0. The number of aryl methyl sites for hydroxylation is 1. The van der Waals surface area contributed by atoms with Crippen LogP contribution in [0.15, 0.2) is 48.7 Å². The van der Waals surface area contributed by atoms with E-state index in [9.17, 15) is 0 Å². The quantitative estimate of drug-likeness (QED) is 0.529. The van der Waals surface area contributed by atoms with E-state index in [1.807, 2.05) is 0 Å². The maximum Gasteiger partial charge on any atom is 0.0713 e. The first-order valence-corrected chi connectivity index (χ1v) is 12.2. The highest BCUT2D eigenvalue weighted by Crippen LogP contribution is 2.45. The summed E-state index contributed by atoms with van der Waals surface area (Å²) in [5, 5.41) is 1.43. The summed E-state index contributed by atoms with van der Waals surface area (Å²) in [5.74, 6) is 0.899. The third-order valence-corrected chi connectivity index (χ3v) is 8.04. The largest absolute Gasteiger partial charge is 0.375 e. The highest BCUT2D eigenvalue weighted by molar-refractivity contribution is 5.87. The van der Waals surface area contributed by atoms with E-state index in [4.69, 9.17) is 4.74 Å². The average molecular weight is 415 g/mol. The zero-order valence-corrected chi connectivity index (χ0v) is 18.7. The van der Waals surface area contributed by atoms with Gasteiger partial charge in [0.05, 0.1) is 5.60 Å². The lowest BCUT2D eigenvalue weighted by atomic mass is 9.81. The van der Waals surface area contributed by atoms with Crippen molar-refractivity contribution in [3.63, 3.8) is 0 Å². The Hall–Kier alpha value is -2.10. The minimum absolute atomic E-state index is 0.102. The molecule has 0 amide bonds. The lowest BCUT2D eigenvalue weighted by Gasteiger charge is -2.45. The van der Waals surface area contributed by atoms with E-state index < -0.39 is 0 Å². The molecular formula is C28H34N2O. The lowest BCUT2D eigenvalue weighted by molar-refractivity contribution is -0.0675. The number of aromatic amines is 1. The number of hydrogen-bond acceptors (Lipinski definition) is 2. The fraction of sp³-hybridized carbons (Fsp3) is 0.500. The van der Waals surface area contributed by atoms with Crippen LogP contribution in [0.2, 0.25) is 0 Å². The molecule has 1 saturated carbocycles. The summed E-state index contributed by atoms with van der Waals surface area (Å²) in [4.78, 5) is 6.25. The van der Waals surface area contributed by atoms with Gasteiger partial charge in [0.1, 0.15) is 0 Å². The number of rotatable bonds is 5. The van der Waals surface area contributed by atoms with E-state index in [0.29, 0.717) is 6.04 Å². The minimum atomic E-state index is 0.102. The van der Waals surface area contributed by atoms with Crippen LogP contribution in [0.5, 0.6) is 0 Å². The van der Waals surface area contributed by atoms with Crippen LogP contribution in [-0.2, 0) is 17.7 Å². The molecule has 3 fully saturated rings. The molecule has 2 aliphatic heterocycles. The summed E-state index contributed by atoms with van der Waals surface area (Å²) in [7, 11) is 0. The molecule has 2 aromatic carbocycles. The Balaban J connectivity index is 1.37. The van der Waals surface area contributed by atoms with Gasteiger partial charge in [-0.3, -0.25) is 4.90 Å². The highest BCUT2D eigenvalue weighted by atomic mass is 16.5. The van der Waals surface area contributed by atoms with Crippen LogP contribution in [0.4, 0.5) is 0 Å². The van der Waals surface area contributed by atoms with Crippen molar-refractivity contribution in [3.05, 3.63) is 70.9 Å². The molecule has 3 nitrogen and oxygen atoms in total. The molecule has 3 heteroatoms. The summed E-state index contributed by atoms with van der Waals surface area (Å²) in [6, 6.07) is 16.4. The summed E-state index contributed by atoms with van der Waals surface area (Å²) in [6.45, 7) is 5.34. The fourth-order valence-electron chi connectivity index (χ4n) is 6.14. The number of fused-ring (bicyclic) bond motifs is 1. The zero-order chi connectivity index (χ0) is 20.8. The Labute approximate surface area is 185 Å². The van der Waals surface area contributed by atoms with E-state index in [2.05, 4.69) is 65.5 Å². The van der Waals surface area contributed by atoms with Gasteiger partial charge in [-0.15, -0.1) is 0 Å². The molecule has 3 aromatic rings. The molecule has 162 valence electrons. The van der Waals surface area contributed by atoms with Crippen molar-refractivity contribution in [2.45, 2.75) is 70.1 Å². The molecule has 1 aromatic heterocycles. The smallest absolute Gasteiger partial charge is 0.0713 e. The highest BCUT2D eigenvalue weighted by Gasteiger charge is 2.43. The summed E-state index contributed by atoms with van der Waals surface area (Å²) in [5.41, 5.74) is 7.38. The monoisotopic (exact) mass is 414 g/mol. The van der Waals surface area contributed by atoms with Crippen molar-refractivity contribution in [2.24, 2.45) is 5.92 Å². The Morgan fingerprint density at radius 1 is 1.13 bits per heavy atom. The van der Waals surface area contributed by atoms with E-state index >= 15 is 0 Å². The standard InChI is InChI=1S/C28H34N2O/c1-20-16-23(17-21-8-9-21)25(24-10-13-29-27(20)24)19-30-14-12-28(11-5-15-31-28)18-26(30)22-6-3-2-4-7-22/h2-4,6-7,10,13,16,21,26,29H,5,8-9,11-12,14-15,17-19H2,1H3. The van der Waals surface area contributed by atoms with Crippen LogP contribution in [0.3, 0.4) is 0 Å². The summed E-state index contributed by atoms with van der Waals surface area (Å²) in [6.07, 6.45) is 10.9. The Kier molecular flexibility index (Phi) is 4.92. The molecule has 1 N–H and O–H groups in total. The number of likely N-dealkylation sites (tertiary alicyclic amines) is 1. The van der Waals surface area contributed by atoms with E-state index in [1.165, 1.54) is 54.1 Å². The average Bonchev–Trinajstić information content (AvgIpc) is 3.27. The van der Waals surface area contributed by atoms with Crippen LogP contribution in [0.1, 0.15) is 66.8 Å². The molecule has 2 unspecified atom stereocenters. The van der Waals surface area contributed by atoms with Crippen molar-refractivity contribution in [2.75, 3.05) is 13.2 Å². The van der Waals surface area contributed by atoms with Crippen LogP contribution in [0.25, 0.3) is 10.9 Å². The normalized spacial score (nSPS) is 26.8. The summed E-state index contributed by atoms with van der Waals surface area (Å²) < 4.78 is 6.36. The van der Waals surface area contributed by atoms with Gasteiger partial charge in [-0.1, -0.05) is 36.4 Å². The number of nitrogens with one attached hydrogen (secondary N) is 1. The fourth-order valence-corrected chi connectivity index (χ4v) is 6.14. The van der Waals surface area contributed by atoms with Crippen molar-refractivity contribution >= 4 is 10.9 Å². The third-order valence-electron chi connectivity index (χ3n) is 8.04. The molecule has 2 atom stereocenters. The molecule has 1 spiro atoms. The van der Waals surface area contributed by atoms with Gasteiger partial charge in [0.25, 0.3) is 0 Å². The number of ether oxygens (including phenoxy) is 1. The maximum atomic E-state index is 6.36. The van der Waals surface area contributed by atoms with Gasteiger partial charge in [0, 0.05) is 42.8 Å². The van der Waals surface area contributed by atoms with E-state index in [0.717, 1.165) is 38.5 Å². The van der Waals surface area contributed by atoms with E-state index in [-0.39, 0.29) is 5.60 Å². The van der Waals surface area contributed by atoms with Gasteiger partial charge >= 0.3 is 0 Å². The molecule has 2 saturated heterocycles. The van der Waals surface area contributed by atoms with Gasteiger partial charge < -0.3 is 9.72 Å². The topological polar surface area (TPSA) is 28.3 Å². The van der Waals surface area contributed by atoms with Crippen LogP contribution < -0.4 is 0 Å². The van der Waals surface area contributed by atoms with Gasteiger partial charge in [0.15, 0.2) is 0 Å². The number of benzene rings is 2. The Bertz CT molecular complexity index is 1060. The first-order chi connectivity index (χ1) is 15.2. The SMILES string of the molecule is Cc1cc(CC2CC2)c(CN2CCC3(CCCO3)CC2c2ccccc2)c2cc[nH]c12. The van der Waals surface area contributed by atoms with Crippen molar-refractivity contribution in [1.82, 2.24) is 9.88 Å². The van der Waals surface area contributed by atoms with Gasteiger partial charge in [0.2, 0.25) is 0 Å². The minimum Gasteiger partial charge on any atom is -0.375 e. The van der Waals surface area contributed by atoms with E-state index in [1.54, 1.807) is 11.1 Å². The van der Waals surface area contributed by atoms with Crippen LogP contribution >= 0.6 is 0 Å². The second kappa shape index (κ2) is 7.79. The zero-order valence-electron chi connectivity index (χ0n) is 18.7. The molecule has 6 rings (SSSR count). The number of aromatic nitrogens is 1. The molecule has 3 heterocycles. The first kappa shape index (κ1) is 19.6. The molecule has 31 heavy (non-hydrogen) atoms. The number of hydrogen-bond donors (Lipinski definition) is 1. The second-order valence-electron chi connectivity index (χ2n) is 10.2. The van der Waals surface area contributed by atoms with Gasteiger partial charge in [-0.05, 0) is 86.1 Å². The maximum absolute atomic E-state index is 6.36. The predicted molar refractivity (Wildman–Crippen MR) is 126 cm³/mol. The number of piperidine rings is 1. The van der Waals surface area contributed by atoms with Crippen molar-refractivity contribution in [1.29, 1.82) is 0 Å². The number of nitrogens with zero attached hydrogens (tertiary/aromatic N) is 1. The molecule has 1 aliphatic carbocycles. The van der Waals surface area contributed by atoms with Gasteiger partial charge in [-0.2, -0.15) is 0 Å². The molecule has 0 bridgehead atoms. The third kappa shape index (κ3) is 3.72. The number of H-pyrrole nitrogens is 1. The Morgan fingerprint density at radius 2 is 2.00 bits per heavy atom. The van der Waals surface area contributed by atoms with Crippen molar-refractivity contribution in [3.8, 4) is 0 Å². The first-order valence-electron chi connectivity index (χ1n) is 12.2. The predicted octanol–water partition coefficient (Wildman–Crippen LogP) is 6.32. The van der Waals surface area contributed by atoms with Gasteiger partial charge in [-0.25, -0.2) is 0 Å². The van der Waals surface area contributed by atoms with Crippen LogP contribution in [-0.4, -0.2) is 28.6 Å². The lowest BCUT2D eigenvalue weighted by Crippen LogP contribution is -2.45. The van der Waals surface area contributed by atoms with Crippen LogP contribution in [0, 0.1) is 12.8 Å². The molecule has 0 radical (unpaired) electrons.